The molecule has 0 spiro atoms. The van der Waals surface area contributed by atoms with Crippen molar-refractivity contribution in [1.29, 1.82) is 0 Å². The van der Waals surface area contributed by atoms with E-state index in [1.54, 1.807) is 0 Å². The first-order chi connectivity index (χ1) is 7.86. The van der Waals surface area contributed by atoms with Gasteiger partial charge in [0.05, 0.1) is 0 Å². The quantitative estimate of drug-likeness (QED) is 0.402. The number of rotatable bonds is 0. The summed E-state index contributed by atoms with van der Waals surface area (Å²) in [6.07, 6.45) is 1.05. The average molecular weight is 398 g/mol. The molecule has 0 N–H and O–H groups in total. The van der Waals surface area contributed by atoms with Gasteiger partial charge in [-0.1, -0.05) is 35.4 Å². The molecule has 5 heteroatoms. The van der Waals surface area contributed by atoms with Crippen LogP contribution in [0.3, 0.4) is 0 Å². The van der Waals surface area contributed by atoms with Crippen molar-refractivity contribution >= 4 is 17.0 Å². The van der Waals surface area contributed by atoms with Crippen LogP contribution in [0, 0.1) is 6.07 Å². The maximum absolute atomic E-state index is 4.93. The molecule has 0 aliphatic heterocycles. The number of hydrogen-bond acceptors (Lipinski definition) is 0. The third kappa shape index (κ3) is 4.25. The molecule has 0 amide bonds. The molecule has 0 bridgehead atoms. The Morgan fingerprint density at radius 3 is 2.28 bits per heavy atom. The van der Waals surface area contributed by atoms with E-state index in [1.165, 1.54) is 22.3 Å². The Kier molecular flexibility index (Phi) is 9.65. The second-order valence-electron chi connectivity index (χ2n) is 3.47. The molecule has 0 heterocycles. The Bertz CT molecular complexity index is 444. The van der Waals surface area contributed by atoms with E-state index in [4.69, 9.17) is 17.0 Å². The van der Waals surface area contributed by atoms with Gasteiger partial charge in [0.15, 0.2) is 0 Å². The Morgan fingerprint density at radius 2 is 1.56 bits per heavy atom. The topological polar surface area (TPSA) is 0 Å². The van der Waals surface area contributed by atoms with Gasteiger partial charge in [-0.25, -0.2) is 0 Å². The smallest absolute Gasteiger partial charge is 0.0253 e. The van der Waals surface area contributed by atoms with Crippen molar-refractivity contribution in [3.63, 3.8) is 0 Å². The van der Waals surface area contributed by atoms with Crippen LogP contribution in [0.15, 0.2) is 42.5 Å². The zero-order valence-corrected chi connectivity index (χ0v) is 14.7. The summed E-state index contributed by atoms with van der Waals surface area (Å²) >= 11 is -0.826. The Hall–Kier alpha value is 0.483. The van der Waals surface area contributed by atoms with Crippen molar-refractivity contribution in [3.8, 4) is 11.1 Å². The van der Waals surface area contributed by atoms with Crippen molar-refractivity contribution < 1.29 is 45.7 Å². The summed E-state index contributed by atoms with van der Waals surface area (Å²) in [7, 11) is 9.87. The van der Waals surface area contributed by atoms with Crippen LogP contribution in [-0.2, 0) is 27.3 Å². The summed E-state index contributed by atoms with van der Waals surface area (Å²) in [5.74, 6) is 0. The molecule has 0 saturated carbocycles. The maximum Gasteiger partial charge on any atom is -0.0253 e. The average Bonchev–Trinajstić information content (AvgIpc) is 2.68. The van der Waals surface area contributed by atoms with Gasteiger partial charge in [-0.2, -0.15) is 29.8 Å². The molecule has 0 unspecified atom stereocenters. The fourth-order valence-electron chi connectivity index (χ4n) is 2.00. The number of benzene rings is 2. The first-order valence-electron chi connectivity index (χ1n) is 4.91. The third-order valence-corrected chi connectivity index (χ3v) is 2.62. The standard InChI is InChI=1S/C13H9.4ClH.Zr/c1-3-7-12-10(5-1)9-11-6-2-4-8-13(11)12;;;;;/h1-5,7-8H,9H2;4*1H;/q-1;;;;;+4/p-4. The van der Waals surface area contributed by atoms with Gasteiger partial charge in [0.1, 0.15) is 0 Å². The number of hydrogen-bond donors (Lipinski definition) is 0. The van der Waals surface area contributed by atoms with Crippen LogP contribution in [-0.4, -0.2) is 0 Å². The van der Waals surface area contributed by atoms with Gasteiger partial charge in [-0.3, -0.25) is 0 Å². The third-order valence-electron chi connectivity index (χ3n) is 2.62. The molecule has 2 aromatic rings. The van der Waals surface area contributed by atoms with E-state index in [9.17, 15) is 0 Å². The summed E-state index contributed by atoms with van der Waals surface area (Å²) < 4.78 is 0. The van der Waals surface area contributed by atoms with Gasteiger partial charge in [0.25, 0.3) is 0 Å². The molecule has 0 nitrogen and oxygen atoms in total. The van der Waals surface area contributed by atoms with Crippen molar-refractivity contribution in [3.05, 3.63) is 59.7 Å². The summed E-state index contributed by atoms with van der Waals surface area (Å²) in [6, 6.07) is 18.1. The first kappa shape index (κ1) is 18.5. The molecule has 0 radical (unpaired) electrons. The molecule has 0 aromatic heterocycles. The van der Waals surface area contributed by atoms with E-state index in [0.29, 0.717) is 0 Å². The van der Waals surface area contributed by atoms with E-state index in [0.717, 1.165) is 6.42 Å². The van der Waals surface area contributed by atoms with Crippen LogP contribution in [0.4, 0.5) is 0 Å². The maximum atomic E-state index is 4.93. The summed E-state index contributed by atoms with van der Waals surface area (Å²) in [5, 5.41) is 0. The van der Waals surface area contributed by atoms with Crippen molar-refractivity contribution in [2.24, 2.45) is 0 Å². The largest absolute Gasteiger partial charge is 0.179 e. The predicted octanol–water partition coefficient (Wildman–Crippen LogP) is -1.56. The van der Waals surface area contributed by atoms with Crippen LogP contribution >= 0.6 is 17.0 Å². The minimum Gasteiger partial charge on any atom is -0.179 e. The van der Waals surface area contributed by atoms with Gasteiger partial charge >= 0.3 is 37.9 Å². The summed E-state index contributed by atoms with van der Waals surface area (Å²) in [6.45, 7) is 0. The SMILES string of the molecule is [Cl-].[Cl-].[Cl][Zr+2][Cl].[c-]1cccc2c1Cc1ccccc1-2. The van der Waals surface area contributed by atoms with E-state index < -0.39 is 20.8 Å². The van der Waals surface area contributed by atoms with E-state index in [1.807, 2.05) is 6.07 Å². The van der Waals surface area contributed by atoms with Crippen LogP contribution in [0.1, 0.15) is 11.1 Å². The molecule has 0 fully saturated rings. The van der Waals surface area contributed by atoms with Gasteiger partial charge < -0.3 is 24.8 Å². The second kappa shape index (κ2) is 9.40. The minimum absolute atomic E-state index is 0. The molecule has 0 atom stereocenters. The molecular formula is C13H9Cl4Zr-. The number of fused-ring (bicyclic) bond motifs is 3. The predicted molar refractivity (Wildman–Crippen MR) is 65.2 cm³/mol. The van der Waals surface area contributed by atoms with Crippen LogP contribution < -0.4 is 24.8 Å². The van der Waals surface area contributed by atoms with Gasteiger partial charge in [-0.05, 0) is 6.42 Å². The summed E-state index contributed by atoms with van der Waals surface area (Å²) in [5.41, 5.74) is 5.51. The minimum atomic E-state index is -0.826. The van der Waals surface area contributed by atoms with Crippen LogP contribution in [0.25, 0.3) is 11.1 Å². The second-order valence-corrected chi connectivity index (χ2v) is 7.20. The molecule has 0 saturated heterocycles. The van der Waals surface area contributed by atoms with Gasteiger partial charge in [0.2, 0.25) is 0 Å². The zero-order chi connectivity index (χ0) is 11.4. The van der Waals surface area contributed by atoms with Gasteiger partial charge in [-0.15, -0.1) is 5.56 Å². The Morgan fingerprint density at radius 1 is 0.944 bits per heavy atom. The fraction of sp³-hybridized carbons (Fsp3) is 0.0769. The fourth-order valence-corrected chi connectivity index (χ4v) is 2.00. The molecule has 2 aromatic carbocycles. The van der Waals surface area contributed by atoms with Crippen molar-refractivity contribution in [2.45, 2.75) is 6.42 Å². The molecule has 18 heavy (non-hydrogen) atoms. The Balaban J connectivity index is 0.000000533. The normalized spacial score (nSPS) is 9.44. The zero-order valence-electron chi connectivity index (χ0n) is 9.26. The van der Waals surface area contributed by atoms with Crippen LogP contribution in [0.5, 0.6) is 0 Å². The van der Waals surface area contributed by atoms with E-state index in [-0.39, 0.29) is 24.8 Å². The summed E-state index contributed by atoms with van der Waals surface area (Å²) in [4.78, 5) is 0. The monoisotopic (exact) mass is 395 g/mol. The van der Waals surface area contributed by atoms with E-state index >= 15 is 0 Å². The molecular weight excluding hydrogens is 389 g/mol. The van der Waals surface area contributed by atoms with Gasteiger partial charge in [0, 0.05) is 0 Å². The van der Waals surface area contributed by atoms with Crippen LogP contribution in [0.2, 0.25) is 0 Å². The number of halogens is 4. The first-order valence-corrected chi connectivity index (χ1v) is 11.2. The van der Waals surface area contributed by atoms with Crippen molar-refractivity contribution in [1.82, 2.24) is 0 Å². The van der Waals surface area contributed by atoms with E-state index in [2.05, 4.69) is 42.5 Å². The molecule has 94 valence electrons. The molecule has 1 aliphatic rings. The molecule has 1 aliphatic carbocycles. The van der Waals surface area contributed by atoms with Crippen molar-refractivity contribution in [2.75, 3.05) is 0 Å². The Labute approximate surface area is 139 Å². The molecule has 3 rings (SSSR count).